The third kappa shape index (κ3) is 3.92. The second-order valence-corrected chi connectivity index (χ2v) is 3.87. The average molecular weight is 302 g/mol. The van der Waals surface area contributed by atoms with E-state index in [1.807, 2.05) is 0 Å². The van der Waals surface area contributed by atoms with Crippen LogP contribution in [0.15, 0.2) is 12.1 Å². The number of hydrogen-bond donors (Lipinski definition) is 0. The van der Waals surface area contributed by atoms with Crippen LogP contribution in [0, 0.1) is 21.4 Å². The number of nitro groups is 1. The Kier molecular flexibility index (Phi) is 4.86. The van der Waals surface area contributed by atoms with E-state index in [1.165, 1.54) is 13.0 Å². The molecule has 1 rings (SSSR count). The fraction of sp³-hybridized carbons (Fsp3) is 0.333. The van der Waals surface area contributed by atoms with E-state index in [2.05, 4.69) is 4.74 Å². The molecule has 0 heterocycles. The Balaban J connectivity index is 3.44. The largest absolute Gasteiger partial charge is 0.466 e. The van der Waals surface area contributed by atoms with Crippen molar-refractivity contribution in [3.63, 3.8) is 0 Å². The molecule has 0 saturated heterocycles. The topological polar surface area (TPSA) is 93.2 Å². The molecule has 0 aliphatic rings. The van der Waals surface area contributed by atoms with Gasteiger partial charge >= 0.3 is 12.1 Å². The van der Waals surface area contributed by atoms with Gasteiger partial charge in [0.2, 0.25) is 0 Å². The lowest BCUT2D eigenvalue weighted by Gasteiger charge is -2.13. The lowest BCUT2D eigenvalue weighted by molar-refractivity contribution is -0.385. The molecule has 0 saturated carbocycles. The molecule has 0 amide bonds. The van der Waals surface area contributed by atoms with Crippen LogP contribution < -0.4 is 0 Å². The number of carbonyl (C=O) groups is 1. The Bertz CT molecular complexity index is 620. The maximum atomic E-state index is 12.9. The van der Waals surface area contributed by atoms with Gasteiger partial charge < -0.3 is 4.74 Å². The number of ether oxygens (including phenoxy) is 1. The number of nitro benzene ring substituents is 1. The number of carbonyl (C=O) groups excluding carboxylic acids is 1. The van der Waals surface area contributed by atoms with Crippen LogP contribution in [0.1, 0.15) is 23.6 Å². The molecule has 0 spiro atoms. The van der Waals surface area contributed by atoms with Crippen molar-refractivity contribution in [1.82, 2.24) is 0 Å². The van der Waals surface area contributed by atoms with Crippen LogP contribution in [-0.4, -0.2) is 17.5 Å². The summed E-state index contributed by atoms with van der Waals surface area (Å²) in [7, 11) is 0. The van der Waals surface area contributed by atoms with Gasteiger partial charge in [-0.25, -0.2) is 0 Å². The second-order valence-electron chi connectivity index (χ2n) is 3.87. The summed E-state index contributed by atoms with van der Waals surface area (Å²) >= 11 is 0. The molecule has 0 unspecified atom stereocenters. The predicted octanol–water partition coefficient (Wildman–Crippen LogP) is 2.59. The van der Waals surface area contributed by atoms with Gasteiger partial charge in [-0.15, -0.1) is 0 Å². The van der Waals surface area contributed by atoms with Gasteiger partial charge in [-0.1, -0.05) is 0 Å². The minimum absolute atomic E-state index is 0.0292. The number of rotatable bonds is 4. The number of hydrogen-bond acceptors (Lipinski definition) is 5. The maximum absolute atomic E-state index is 12.9. The molecule has 1 aromatic carbocycles. The molecule has 0 bridgehead atoms. The molecule has 9 heteroatoms. The summed E-state index contributed by atoms with van der Waals surface area (Å²) in [6.45, 7) is 1.45. The van der Waals surface area contributed by atoms with Gasteiger partial charge in [-0.3, -0.25) is 14.9 Å². The van der Waals surface area contributed by atoms with Crippen molar-refractivity contribution in [1.29, 1.82) is 5.26 Å². The summed E-state index contributed by atoms with van der Waals surface area (Å²) in [5.41, 5.74) is -3.38. The van der Waals surface area contributed by atoms with Crippen LogP contribution in [0.3, 0.4) is 0 Å². The molecule has 21 heavy (non-hydrogen) atoms. The van der Waals surface area contributed by atoms with Crippen LogP contribution in [0.4, 0.5) is 18.9 Å². The molecule has 0 aliphatic heterocycles. The van der Waals surface area contributed by atoms with Crippen molar-refractivity contribution in [2.45, 2.75) is 19.5 Å². The van der Waals surface area contributed by atoms with E-state index in [1.54, 1.807) is 0 Å². The monoisotopic (exact) mass is 302 g/mol. The van der Waals surface area contributed by atoms with Crippen molar-refractivity contribution < 1.29 is 27.6 Å². The number of benzene rings is 1. The van der Waals surface area contributed by atoms with Crippen LogP contribution in [0.5, 0.6) is 0 Å². The highest BCUT2D eigenvalue weighted by Gasteiger charge is 2.36. The van der Waals surface area contributed by atoms with Crippen molar-refractivity contribution in [2.24, 2.45) is 0 Å². The average Bonchev–Trinajstić information content (AvgIpc) is 2.37. The highest BCUT2D eigenvalue weighted by atomic mass is 19.4. The first-order valence-electron chi connectivity index (χ1n) is 5.65. The fourth-order valence-corrected chi connectivity index (χ4v) is 1.65. The molecule has 0 atom stereocenters. The van der Waals surface area contributed by atoms with Crippen molar-refractivity contribution >= 4 is 11.7 Å². The Morgan fingerprint density at radius 2 is 2.10 bits per heavy atom. The molecular weight excluding hydrogens is 293 g/mol. The smallest absolute Gasteiger partial charge is 0.416 e. The predicted molar refractivity (Wildman–Crippen MR) is 63.2 cm³/mol. The molecule has 0 aliphatic carbocycles. The minimum Gasteiger partial charge on any atom is -0.466 e. The first-order valence-corrected chi connectivity index (χ1v) is 5.65. The summed E-state index contributed by atoms with van der Waals surface area (Å²) < 4.78 is 43.2. The van der Waals surface area contributed by atoms with E-state index in [0.717, 1.165) is 0 Å². The Morgan fingerprint density at radius 3 is 2.52 bits per heavy atom. The maximum Gasteiger partial charge on any atom is 0.416 e. The number of alkyl halides is 3. The SMILES string of the molecule is CCOC(=O)Cc1cc([N+](=O)[O-])c(C#N)cc1C(F)(F)F. The fourth-order valence-electron chi connectivity index (χ4n) is 1.65. The minimum atomic E-state index is -4.84. The van der Waals surface area contributed by atoms with Crippen LogP contribution >= 0.6 is 0 Å². The zero-order valence-electron chi connectivity index (χ0n) is 10.7. The van der Waals surface area contributed by atoms with Crippen LogP contribution in [0.25, 0.3) is 0 Å². The van der Waals surface area contributed by atoms with Crippen LogP contribution in [0.2, 0.25) is 0 Å². The van der Waals surface area contributed by atoms with E-state index in [9.17, 15) is 28.1 Å². The first kappa shape index (κ1) is 16.4. The van der Waals surface area contributed by atoms with E-state index >= 15 is 0 Å². The van der Waals surface area contributed by atoms with Crippen molar-refractivity contribution in [3.8, 4) is 6.07 Å². The number of nitrogens with zero attached hydrogens (tertiary/aromatic N) is 2. The first-order chi connectivity index (χ1) is 9.70. The molecular formula is C12H9F3N2O4. The lowest BCUT2D eigenvalue weighted by Crippen LogP contribution is -2.15. The summed E-state index contributed by atoms with van der Waals surface area (Å²) in [6.07, 6.45) is -5.61. The Morgan fingerprint density at radius 1 is 1.48 bits per heavy atom. The molecule has 112 valence electrons. The molecule has 0 fully saturated rings. The third-order valence-electron chi connectivity index (χ3n) is 2.48. The second kappa shape index (κ2) is 6.21. The highest BCUT2D eigenvalue weighted by molar-refractivity contribution is 5.74. The summed E-state index contributed by atoms with van der Waals surface area (Å²) in [5.74, 6) is -0.943. The number of halogens is 3. The van der Waals surface area contributed by atoms with Gasteiger partial charge in [0.1, 0.15) is 11.6 Å². The van der Waals surface area contributed by atoms with Gasteiger partial charge in [0.05, 0.1) is 23.5 Å². The van der Waals surface area contributed by atoms with E-state index in [-0.39, 0.29) is 6.61 Å². The van der Waals surface area contributed by atoms with Crippen molar-refractivity contribution in [2.75, 3.05) is 6.61 Å². The Labute approximate surface area is 116 Å². The zero-order chi connectivity index (χ0) is 16.2. The van der Waals surface area contributed by atoms with E-state index < -0.39 is 45.9 Å². The Hall–Kier alpha value is -2.63. The molecule has 0 aromatic heterocycles. The standard InChI is InChI=1S/C12H9F3N2O4/c1-2-21-11(18)5-7-4-10(17(19)20)8(6-16)3-9(7)12(13,14)15/h3-4H,2,5H2,1H3. The highest BCUT2D eigenvalue weighted by Crippen LogP contribution is 2.36. The zero-order valence-corrected chi connectivity index (χ0v) is 10.7. The molecule has 0 radical (unpaired) electrons. The van der Waals surface area contributed by atoms with E-state index in [0.29, 0.717) is 12.1 Å². The van der Waals surface area contributed by atoms with Gasteiger partial charge in [-0.2, -0.15) is 18.4 Å². The summed E-state index contributed by atoms with van der Waals surface area (Å²) in [5, 5.41) is 19.5. The normalized spacial score (nSPS) is 10.8. The van der Waals surface area contributed by atoms with Crippen LogP contribution in [-0.2, 0) is 22.1 Å². The van der Waals surface area contributed by atoms with Gasteiger partial charge in [-0.05, 0) is 18.6 Å². The van der Waals surface area contributed by atoms with Crippen molar-refractivity contribution in [3.05, 3.63) is 38.9 Å². The van der Waals surface area contributed by atoms with Gasteiger partial charge in [0.25, 0.3) is 5.69 Å². The van der Waals surface area contributed by atoms with Gasteiger partial charge in [0.15, 0.2) is 0 Å². The quantitative estimate of drug-likeness (QED) is 0.484. The molecule has 1 aromatic rings. The summed E-state index contributed by atoms with van der Waals surface area (Å²) in [6, 6.07) is 2.29. The molecule has 0 N–H and O–H groups in total. The van der Waals surface area contributed by atoms with Gasteiger partial charge in [0, 0.05) is 6.07 Å². The lowest BCUT2D eigenvalue weighted by atomic mass is 9.99. The third-order valence-corrected chi connectivity index (χ3v) is 2.48. The number of esters is 1. The number of nitriles is 1. The molecule has 6 nitrogen and oxygen atoms in total. The van der Waals surface area contributed by atoms with E-state index in [4.69, 9.17) is 5.26 Å². The summed E-state index contributed by atoms with van der Waals surface area (Å²) in [4.78, 5) is 21.1.